The average molecular weight is 429 g/mol. The van der Waals surface area contributed by atoms with Crippen molar-refractivity contribution in [2.24, 2.45) is 0 Å². The van der Waals surface area contributed by atoms with Gasteiger partial charge in [0, 0.05) is 17.6 Å². The Hall–Kier alpha value is -3.09. The van der Waals surface area contributed by atoms with Crippen LogP contribution in [0.25, 0.3) is 0 Å². The number of halogens is 3. The van der Waals surface area contributed by atoms with Crippen LogP contribution in [0, 0.1) is 0 Å². The number of rotatable bonds is 8. The van der Waals surface area contributed by atoms with Crippen LogP contribution < -0.4 is 10.6 Å². The summed E-state index contributed by atoms with van der Waals surface area (Å²) in [5.74, 6) is 0.0159. The lowest BCUT2D eigenvalue weighted by Crippen LogP contribution is -2.13. The third kappa shape index (κ3) is 5.75. The Kier molecular flexibility index (Phi) is 7.15. The number of nitrogens with zero attached hydrogens (tertiary/aromatic N) is 2. The fourth-order valence-corrected chi connectivity index (χ4v) is 3.31. The number of benzene rings is 2. The number of aryl methyl sites for hydroxylation is 1. The molecule has 1 heterocycles. The molecule has 0 spiro atoms. The molecule has 0 fully saturated rings. The molecule has 164 valence electrons. The van der Waals surface area contributed by atoms with Crippen LogP contribution in [0.3, 0.4) is 0 Å². The van der Waals surface area contributed by atoms with E-state index in [2.05, 4.69) is 27.5 Å². The molecule has 2 N–H and O–H groups in total. The summed E-state index contributed by atoms with van der Waals surface area (Å²) in [6.45, 7) is 6.19. The Morgan fingerprint density at radius 3 is 2.32 bits per heavy atom. The fraction of sp³-hybridized carbons (Fsp3) is 0.333. The van der Waals surface area contributed by atoms with Crippen molar-refractivity contribution in [2.75, 3.05) is 10.6 Å². The summed E-state index contributed by atoms with van der Waals surface area (Å²) in [4.78, 5) is 8.05. The van der Waals surface area contributed by atoms with E-state index in [0.29, 0.717) is 11.4 Å². The summed E-state index contributed by atoms with van der Waals surface area (Å²) >= 11 is 0. The van der Waals surface area contributed by atoms with Crippen LogP contribution >= 0.6 is 0 Å². The first-order valence-corrected chi connectivity index (χ1v) is 10.5. The fourth-order valence-electron chi connectivity index (χ4n) is 3.31. The number of para-hydroxylation sites is 1. The van der Waals surface area contributed by atoms with E-state index in [-0.39, 0.29) is 17.7 Å². The van der Waals surface area contributed by atoms with E-state index in [1.54, 1.807) is 12.1 Å². The maximum atomic E-state index is 13.6. The molecule has 0 amide bonds. The SMILES string of the molecule is CCCc1ccc(Nc2ncc(C(F)(F)F)c(Nc3ccccc3C(C)CC)n2)cc1. The second kappa shape index (κ2) is 9.81. The number of aromatic nitrogens is 2. The minimum Gasteiger partial charge on any atom is -0.339 e. The number of hydrogen-bond donors (Lipinski definition) is 2. The van der Waals surface area contributed by atoms with E-state index in [0.717, 1.165) is 31.0 Å². The van der Waals surface area contributed by atoms with Gasteiger partial charge in [0.15, 0.2) is 0 Å². The highest BCUT2D eigenvalue weighted by molar-refractivity contribution is 5.66. The monoisotopic (exact) mass is 428 g/mol. The first kappa shape index (κ1) is 22.6. The number of alkyl halides is 3. The van der Waals surface area contributed by atoms with Crippen molar-refractivity contribution in [1.82, 2.24) is 9.97 Å². The molecule has 7 heteroatoms. The van der Waals surface area contributed by atoms with E-state index in [1.165, 1.54) is 5.56 Å². The largest absolute Gasteiger partial charge is 0.421 e. The third-order valence-electron chi connectivity index (χ3n) is 5.20. The topological polar surface area (TPSA) is 49.8 Å². The number of anilines is 4. The molecule has 31 heavy (non-hydrogen) atoms. The number of nitrogens with one attached hydrogen (secondary N) is 2. The molecule has 0 bridgehead atoms. The zero-order valence-electron chi connectivity index (χ0n) is 17.9. The van der Waals surface area contributed by atoms with Crippen LogP contribution in [0.1, 0.15) is 56.2 Å². The molecule has 1 atom stereocenters. The molecule has 0 radical (unpaired) electrons. The molecule has 3 rings (SSSR count). The van der Waals surface area contributed by atoms with Gasteiger partial charge in [-0.15, -0.1) is 0 Å². The van der Waals surface area contributed by atoms with E-state index in [9.17, 15) is 13.2 Å². The maximum Gasteiger partial charge on any atom is 0.421 e. The smallest absolute Gasteiger partial charge is 0.339 e. The highest BCUT2D eigenvalue weighted by Gasteiger charge is 2.35. The van der Waals surface area contributed by atoms with Crippen molar-refractivity contribution < 1.29 is 13.2 Å². The predicted molar refractivity (Wildman–Crippen MR) is 119 cm³/mol. The summed E-state index contributed by atoms with van der Waals surface area (Å²) in [5, 5.41) is 5.90. The van der Waals surface area contributed by atoms with Gasteiger partial charge in [-0.25, -0.2) is 4.98 Å². The van der Waals surface area contributed by atoms with Crippen LogP contribution in [-0.4, -0.2) is 9.97 Å². The molecular weight excluding hydrogens is 401 g/mol. The van der Waals surface area contributed by atoms with E-state index >= 15 is 0 Å². The normalized spacial score (nSPS) is 12.5. The molecule has 0 aliphatic carbocycles. The molecule has 4 nitrogen and oxygen atoms in total. The first-order chi connectivity index (χ1) is 14.8. The van der Waals surface area contributed by atoms with Crippen molar-refractivity contribution in [3.05, 3.63) is 71.4 Å². The highest BCUT2D eigenvalue weighted by Crippen LogP contribution is 2.37. The summed E-state index contributed by atoms with van der Waals surface area (Å²) in [7, 11) is 0. The lowest BCUT2D eigenvalue weighted by molar-refractivity contribution is -0.137. The molecule has 2 aromatic carbocycles. The first-order valence-electron chi connectivity index (χ1n) is 10.5. The van der Waals surface area contributed by atoms with E-state index < -0.39 is 11.7 Å². The van der Waals surface area contributed by atoms with Gasteiger partial charge in [0.25, 0.3) is 0 Å². The van der Waals surface area contributed by atoms with Gasteiger partial charge in [-0.2, -0.15) is 18.2 Å². The molecule has 0 saturated heterocycles. The third-order valence-corrected chi connectivity index (χ3v) is 5.20. The molecule has 1 unspecified atom stereocenters. The van der Waals surface area contributed by atoms with Crippen molar-refractivity contribution >= 4 is 23.1 Å². The van der Waals surface area contributed by atoms with Crippen LogP contribution in [0.2, 0.25) is 0 Å². The zero-order chi connectivity index (χ0) is 22.4. The van der Waals surface area contributed by atoms with E-state index in [4.69, 9.17) is 0 Å². The maximum absolute atomic E-state index is 13.6. The Morgan fingerprint density at radius 1 is 0.968 bits per heavy atom. The molecule has 0 aliphatic rings. The van der Waals surface area contributed by atoms with Gasteiger partial charge in [0.2, 0.25) is 5.95 Å². The molecule has 1 aromatic heterocycles. The van der Waals surface area contributed by atoms with E-state index in [1.807, 2.05) is 50.2 Å². The standard InChI is InChI=1S/C24H27F3N4/c1-4-8-17-11-13-18(14-12-17)29-23-28-15-20(24(25,26)27)22(31-23)30-21-10-7-6-9-19(21)16(3)5-2/h6-7,9-16H,4-5,8H2,1-3H3,(H2,28,29,30,31). The molecular formula is C24H27F3N4. The Labute approximate surface area is 181 Å². The Morgan fingerprint density at radius 2 is 1.68 bits per heavy atom. The Balaban J connectivity index is 1.93. The highest BCUT2D eigenvalue weighted by atomic mass is 19.4. The van der Waals surface area contributed by atoms with Gasteiger partial charge in [-0.05, 0) is 48.1 Å². The number of hydrogen-bond acceptors (Lipinski definition) is 4. The van der Waals surface area contributed by atoms with Gasteiger partial charge in [-0.1, -0.05) is 57.5 Å². The molecule has 0 aliphatic heterocycles. The molecule has 3 aromatic rings. The van der Waals surface area contributed by atoms with Crippen LogP contribution in [0.5, 0.6) is 0 Å². The summed E-state index contributed by atoms with van der Waals surface area (Å²) in [5.41, 5.74) is 2.56. The van der Waals surface area contributed by atoms with Crippen LogP contribution in [0.4, 0.5) is 36.3 Å². The quantitative estimate of drug-likeness (QED) is 0.391. The zero-order valence-corrected chi connectivity index (χ0v) is 17.9. The minimum atomic E-state index is -4.58. The van der Waals surface area contributed by atoms with Crippen molar-refractivity contribution in [3.8, 4) is 0 Å². The summed E-state index contributed by atoms with van der Waals surface area (Å²) < 4.78 is 40.8. The average Bonchev–Trinajstić information content (AvgIpc) is 2.74. The minimum absolute atomic E-state index is 0.0970. The lowest BCUT2D eigenvalue weighted by atomic mass is 9.97. The van der Waals surface area contributed by atoms with Gasteiger partial charge < -0.3 is 10.6 Å². The van der Waals surface area contributed by atoms with Gasteiger partial charge in [-0.3, -0.25) is 0 Å². The predicted octanol–water partition coefficient (Wildman–Crippen LogP) is 7.45. The second-order valence-corrected chi connectivity index (χ2v) is 7.55. The Bertz CT molecular complexity index is 1000. The summed E-state index contributed by atoms with van der Waals surface area (Å²) in [6, 6.07) is 15.1. The van der Waals surface area contributed by atoms with Crippen molar-refractivity contribution in [3.63, 3.8) is 0 Å². The van der Waals surface area contributed by atoms with Gasteiger partial charge >= 0.3 is 6.18 Å². The van der Waals surface area contributed by atoms with Crippen LogP contribution in [-0.2, 0) is 12.6 Å². The van der Waals surface area contributed by atoms with Crippen molar-refractivity contribution in [1.29, 1.82) is 0 Å². The van der Waals surface area contributed by atoms with Crippen LogP contribution in [0.15, 0.2) is 54.7 Å². The summed E-state index contributed by atoms with van der Waals surface area (Å²) in [6.07, 6.45) is -0.874. The van der Waals surface area contributed by atoms with Gasteiger partial charge in [0.1, 0.15) is 11.4 Å². The molecule has 0 saturated carbocycles. The lowest BCUT2D eigenvalue weighted by Gasteiger charge is -2.19. The van der Waals surface area contributed by atoms with Crippen molar-refractivity contribution in [2.45, 2.75) is 52.1 Å². The second-order valence-electron chi connectivity index (χ2n) is 7.55. The van der Waals surface area contributed by atoms with Gasteiger partial charge in [0.05, 0.1) is 0 Å².